The van der Waals surface area contributed by atoms with Crippen LogP contribution >= 0.6 is 0 Å². The number of hydrogen-bond acceptors (Lipinski definition) is 3. The number of carbonyl (C=O) groups is 1. The summed E-state index contributed by atoms with van der Waals surface area (Å²) in [5.41, 5.74) is 2.19. The largest absolute Gasteiger partial charge is 0.378 e. The Kier molecular flexibility index (Phi) is 4.18. The van der Waals surface area contributed by atoms with E-state index in [4.69, 9.17) is 4.74 Å². The van der Waals surface area contributed by atoms with Crippen LogP contribution in [-0.2, 0) is 11.2 Å². The lowest BCUT2D eigenvalue weighted by Crippen LogP contribution is -2.55. The molecule has 2 bridgehead atoms. The van der Waals surface area contributed by atoms with Gasteiger partial charge in [0, 0.05) is 23.6 Å². The van der Waals surface area contributed by atoms with Crippen LogP contribution in [-0.4, -0.2) is 31.1 Å². The first-order valence-corrected chi connectivity index (χ1v) is 7.73. The van der Waals surface area contributed by atoms with Crippen molar-refractivity contribution in [3.63, 3.8) is 0 Å². The number of piperidine rings is 1. The molecule has 1 aromatic carbocycles. The van der Waals surface area contributed by atoms with Gasteiger partial charge < -0.3 is 10.1 Å². The lowest BCUT2D eigenvalue weighted by atomic mass is 9.82. The summed E-state index contributed by atoms with van der Waals surface area (Å²) >= 11 is 0. The number of nitrogens with one attached hydrogen (secondary N) is 1. The summed E-state index contributed by atoms with van der Waals surface area (Å²) in [6.45, 7) is 3.67. The molecular weight excluding hydrogens is 250 g/mol. The third-order valence-electron chi connectivity index (χ3n) is 4.40. The molecule has 108 valence electrons. The van der Waals surface area contributed by atoms with Crippen LogP contribution in [0.1, 0.15) is 42.1 Å². The fourth-order valence-corrected chi connectivity index (χ4v) is 3.41. The van der Waals surface area contributed by atoms with Crippen LogP contribution < -0.4 is 5.32 Å². The number of benzene rings is 1. The fourth-order valence-electron chi connectivity index (χ4n) is 3.41. The summed E-state index contributed by atoms with van der Waals surface area (Å²) in [5.74, 6) is 0.471. The second-order valence-corrected chi connectivity index (χ2v) is 6.08. The Bertz CT molecular complexity index is 456. The zero-order chi connectivity index (χ0) is 13.9. The summed E-state index contributed by atoms with van der Waals surface area (Å²) in [7, 11) is 0. The zero-order valence-corrected chi connectivity index (χ0v) is 12.1. The molecule has 0 amide bonds. The molecule has 2 atom stereocenters. The molecule has 3 heteroatoms. The summed E-state index contributed by atoms with van der Waals surface area (Å²) in [5, 5.41) is 3.54. The van der Waals surface area contributed by atoms with Crippen LogP contribution in [0.15, 0.2) is 24.3 Å². The van der Waals surface area contributed by atoms with Crippen LogP contribution in [0.4, 0.5) is 0 Å². The fraction of sp³-hybridized carbons (Fsp3) is 0.588. The maximum atomic E-state index is 12.6. The molecule has 3 rings (SSSR count). The summed E-state index contributed by atoms with van der Waals surface area (Å²) in [4.78, 5) is 12.6. The predicted molar refractivity (Wildman–Crippen MR) is 79.0 cm³/mol. The van der Waals surface area contributed by atoms with E-state index in [9.17, 15) is 4.79 Å². The predicted octanol–water partition coefficient (Wildman–Crippen LogP) is 2.59. The van der Waals surface area contributed by atoms with Crippen molar-refractivity contribution in [3.05, 3.63) is 35.4 Å². The highest BCUT2D eigenvalue weighted by molar-refractivity contribution is 5.98. The van der Waals surface area contributed by atoms with E-state index in [1.54, 1.807) is 0 Å². The topological polar surface area (TPSA) is 38.3 Å². The van der Waals surface area contributed by atoms with E-state index in [2.05, 4.69) is 24.4 Å². The molecule has 2 aliphatic heterocycles. The van der Waals surface area contributed by atoms with Crippen LogP contribution in [0.2, 0.25) is 0 Å². The smallest absolute Gasteiger partial charge is 0.166 e. The molecule has 2 unspecified atom stereocenters. The van der Waals surface area contributed by atoms with E-state index < -0.39 is 0 Å². The first-order valence-electron chi connectivity index (χ1n) is 7.73. The molecule has 0 radical (unpaired) electrons. The van der Waals surface area contributed by atoms with Crippen molar-refractivity contribution in [2.75, 3.05) is 13.2 Å². The van der Waals surface area contributed by atoms with Crippen molar-refractivity contribution in [2.45, 2.75) is 44.7 Å². The quantitative estimate of drug-likeness (QED) is 0.857. The minimum Gasteiger partial charge on any atom is -0.378 e. The first kappa shape index (κ1) is 13.8. The number of morpholine rings is 1. The molecule has 0 aliphatic carbocycles. The standard InChI is InChI=1S/C17H23NO2/c1-2-3-12-4-6-13(7-5-12)17(19)14-8-15-10-20-11-16(9-14)18-15/h4-7,14-16,18H,2-3,8-11H2,1H3. The summed E-state index contributed by atoms with van der Waals surface area (Å²) in [6, 6.07) is 8.92. The molecule has 1 N–H and O–H groups in total. The second-order valence-electron chi connectivity index (χ2n) is 6.08. The van der Waals surface area contributed by atoms with Gasteiger partial charge in [0.1, 0.15) is 0 Å². The van der Waals surface area contributed by atoms with E-state index in [1.165, 1.54) is 5.56 Å². The van der Waals surface area contributed by atoms with Gasteiger partial charge in [0.15, 0.2) is 5.78 Å². The number of rotatable bonds is 4. The molecule has 3 nitrogen and oxygen atoms in total. The van der Waals surface area contributed by atoms with Crippen LogP contribution in [0.3, 0.4) is 0 Å². The van der Waals surface area contributed by atoms with Crippen molar-refractivity contribution in [1.82, 2.24) is 5.32 Å². The average molecular weight is 273 g/mol. The van der Waals surface area contributed by atoms with Gasteiger partial charge in [-0.05, 0) is 24.8 Å². The molecule has 20 heavy (non-hydrogen) atoms. The van der Waals surface area contributed by atoms with Gasteiger partial charge in [-0.2, -0.15) is 0 Å². The lowest BCUT2D eigenvalue weighted by Gasteiger charge is -2.39. The lowest BCUT2D eigenvalue weighted by molar-refractivity contribution is 0.00953. The van der Waals surface area contributed by atoms with Crippen LogP contribution in [0, 0.1) is 5.92 Å². The van der Waals surface area contributed by atoms with Gasteiger partial charge >= 0.3 is 0 Å². The van der Waals surface area contributed by atoms with Crippen molar-refractivity contribution in [3.8, 4) is 0 Å². The van der Waals surface area contributed by atoms with Crippen molar-refractivity contribution in [2.24, 2.45) is 5.92 Å². The molecule has 0 saturated carbocycles. The molecule has 2 fully saturated rings. The van der Waals surface area contributed by atoms with Gasteiger partial charge in [0.25, 0.3) is 0 Å². The minimum absolute atomic E-state index is 0.159. The Balaban J connectivity index is 1.68. The van der Waals surface area contributed by atoms with E-state index in [0.29, 0.717) is 17.9 Å². The van der Waals surface area contributed by atoms with Gasteiger partial charge in [0.05, 0.1) is 13.2 Å². The average Bonchev–Trinajstić information content (AvgIpc) is 2.47. The van der Waals surface area contributed by atoms with Gasteiger partial charge in [-0.1, -0.05) is 37.6 Å². The number of aryl methyl sites for hydroxylation is 1. The molecule has 2 saturated heterocycles. The van der Waals surface area contributed by atoms with Gasteiger partial charge in [0.2, 0.25) is 0 Å². The van der Waals surface area contributed by atoms with E-state index >= 15 is 0 Å². The van der Waals surface area contributed by atoms with E-state index in [0.717, 1.165) is 44.5 Å². The Morgan fingerprint density at radius 3 is 2.45 bits per heavy atom. The summed E-state index contributed by atoms with van der Waals surface area (Å²) in [6.07, 6.45) is 4.05. The maximum absolute atomic E-state index is 12.6. The van der Waals surface area contributed by atoms with Crippen molar-refractivity contribution in [1.29, 1.82) is 0 Å². The Hall–Kier alpha value is -1.19. The van der Waals surface area contributed by atoms with Gasteiger partial charge in [-0.3, -0.25) is 4.79 Å². The summed E-state index contributed by atoms with van der Waals surface area (Å²) < 4.78 is 5.54. The number of ether oxygens (including phenoxy) is 1. The first-order chi connectivity index (χ1) is 9.76. The monoisotopic (exact) mass is 273 g/mol. The number of fused-ring (bicyclic) bond motifs is 2. The number of hydrogen-bond donors (Lipinski definition) is 1. The highest BCUT2D eigenvalue weighted by Crippen LogP contribution is 2.27. The number of Topliss-reactive ketones (excluding diaryl/α,β-unsaturated/α-hetero) is 1. The third-order valence-corrected chi connectivity index (χ3v) is 4.40. The number of ketones is 1. The number of carbonyl (C=O) groups excluding carboxylic acids is 1. The SMILES string of the molecule is CCCc1ccc(C(=O)C2CC3COCC(C2)N3)cc1. The van der Waals surface area contributed by atoms with Crippen molar-refractivity contribution >= 4 is 5.78 Å². The normalized spacial score (nSPS) is 29.1. The van der Waals surface area contributed by atoms with Crippen LogP contribution in [0.5, 0.6) is 0 Å². The maximum Gasteiger partial charge on any atom is 0.166 e. The second kappa shape index (κ2) is 6.06. The van der Waals surface area contributed by atoms with E-state index in [-0.39, 0.29) is 5.92 Å². The molecule has 1 aromatic rings. The molecular formula is C17H23NO2. The highest BCUT2D eigenvalue weighted by Gasteiger charge is 2.35. The third kappa shape index (κ3) is 2.94. The Morgan fingerprint density at radius 2 is 1.85 bits per heavy atom. The Labute approximate surface area is 120 Å². The van der Waals surface area contributed by atoms with Crippen LogP contribution in [0.25, 0.3) is 0 Å². The van der Waals surface area contributed by atoms with Gasteiger partial charge in [-0.15, -0.1) is 0 Å². The zero-order valence-electron chi connectivity index (χ0n) is 12.1. The molecule has 0 spiro atoms. The molecule has 2 aliphatic rings. The van der Waals surface area contributed by atoms with Crippen molar-refractivity contribution < 1.29 is 9.53 Å². The Morgan fingerprint density at radius 1 is 1.20 bits per heavy atom. The van der Waals surface area contributed by atoms with Gasteiger partial charge in [-0.25, -0.2) is 0 Å². The molecule has 2 heterocycles. The minimum atomic E-state index is 0.159. The molecule has 0 aromatic heterocycles. The highest BCUT2D eigenvalue weighted by atomic mass is 16.5. The van der Waals surface area contributed by atoms with E-state index in [1.807, 2.05) is 12.1 Å².